The smallest absolute Gasteiger partial charge is 0.262 e. The minimum atomic E-state index is -0.251. The zero-order chi connectivity index (χ0) is 18.4. The number of methoxy groups -OCH3 is 1. The molecule has 0 atom stereocenters. The van der Waals surface area contributed by atoms with Crippen molar-refractivity contribution in [2.24, 2.45) is 0 Å². The predicted molar refractivity (Wildman–Crippen MR) is 99.6 cm³/mol. The number of ether oxygens (including phenoxy) is 2. The third-order valence-electron chi connectivity index (χ3n) is 4.17. The first-order valence-electron chi connectivity index (χ1n) is 8.57. The highest BCUT2D eigenvalue weighted by molar-refractivity contribution is 5.97. The van der Waals surface area contributed by atoms with Gasteiger partial charge in [-0.3, -0.25) is 9.59 Å². The molecule has 0 saturated heterocycles. The lowest BCUT2D eigenvalue weighted by Crippen LogP contribution is -2.37. The molecule has 1 aliphatic heterocycles. The summed E-state index contributed by atoms with van der Waals surface area (Å²) in [5, 5.41) is 2.82. The SMILES string of the molecule is COCC(=O)N1CCCc2ccc(NC(=O)COc3ccccc3)cc21. The standard InChI is InChI=1S/C20H22N2O4/c1-25-14-20(24)22-11-5-6-15-9-10-16(12-18(15)22)21-19(23)13-26-17-7-3-2-4-8-17/h2-4,7-10,12H,5-6,11,13-14H2,1H3,(H,21,23). The molecule has 0 bridgehead atoms. The van der Waals surface area contributed by atoms with E-state index >= 15 is 0 Å². The maximum Gasteiger partial charge on any atom is 0.262 e. The number of amides is 2. The molecule has 0 radical (unpaired) electrons. The van der Waals surface area contributed by atoms with Crippen LogP contribution in [0.3, 0.4) is 0 Å². The first kappa shape index (κ1) is 17.9. The van der Waals surface area contributed by atoms with Crippen molar-refractivity contribution in [3.63, 3.8) is 0 Å². The molecule has 26 heavy (non-hydrogen) atoms. The topological polar surface area (TPSA) is 67.9 Å². The van der Waals surface area contributed by atoms with E-state index in [1.807, 2.05) is 36.4 Å². The molecule has 0 unspecified atom stereocenters. The van der Waals surface area contributed by atoms with Gasteiger partial charge in [0, 0.05) is 25.0 Å². The molecular formula is C20H22N2O4. The molecule has 1 aliphatic rings. The van der Waals surface area contributed by atoms with Crippen LogP contribution in [0.2, 0.25) is 0 Å². The zero-order valence-corrected chi connectivity index (χ0v) is 14.7. The lowest BCUT2D eigenvalue weighted by Gasteiger charge is -2.29. The maximum absolute atomic E-state index is 12.2. The van der Waals surface area contributed by atoms with Crippen LogP contribution in [0.15, 0.2) is 48.5 Å². The number of nitrogens with one attached hydrogen (secondary N) is 1. The second kappa shape index (κ2) is 8.49. The summed E-state index contributed by atoms with van der Waals surface area (Å²) < 4.78 is 10.4. The van der Waals surface area contributed by atoms with E-state index in [0.717, 1.165) is 24.1 Å². The fourth-order valence-electron chi connectivity index (χ4n) is 2.98. The average Bonchev–Trinajstić information content (AvgIpc) is 2.67. The van der Waals surface area contributed by atoms with E-state index in [2.05, 4.69) is 5.32 Å². The molecule has 3 rings (SSSR count). The van der Waals surface area contributed by atoms with Crippen LogP contribution < -0.4 is 15.0 Å². The minimum Gasteiger partial charge on any atom is -0.484 e. The van der Waals surface area contributed by atoms with Crippen molar-refractivity contribution in [2.45, 2.75) is 12.8 Å². The van der Waals surface area contributed by atoms with Gasteiger partial charge in [-0.15, -0.1) is 0 Å². The molecule has 2 aromatic carbocycles. The van der Waals surface area contributed by atoms with Crippen molar-refractivity contribution in [3.8, 4) is 5.75 Å². The van der Waals surface area contributed by atoms with Crippen LogP contribution in [0.25, 0.3) is 0 Å². The fourth-order valence-corrected chi connectivity index (χ4v) is 2.98. The van der Waals surface area contributed by atoms with Gasteiger partial charge in [0.2, 0.25) is 0 Å². The Morgan fingerprint density at radius 3 is 2.69 bits per heavy atom. The molecular weight excluding hydrogens is 332 g/mol. The number of anilines is 2. The highest BCUT2D eigenvalue weighted by Crippen LogP contribution is 2.30. The van der Waals surface area contributed by atoms with Crippen molar-refractivity contribution < 1.29 is 19.1 Å². The highest BCUT2D eigenvalue weighted by Gasteiger charge is 2.22. The van der Waals surface area contributed by atoms with Crippen molar-refractivity contribution >= 4 is 23.2 Å². The summed E-state index contributed by atoms with van der Waals surface area (Å²) in [6.45, 7) is 0.623. The summed E-state index contributed by atoms with van der Waals surface area (Å²) in [4.78, 5) is 26.1. The molecule has 1 N–H and O–H groups in total. The van der Waals surface area contributed by atoms with E-state index in [0.29, 0.717) is 18.0 Å². The van der Waals surface area contributed by atoms with Crippen LogP contribution in [-0.4, -0.2) is 38.7 Å². The maximum atomic E-state index is 12.2. The first-order valence-corrected chi connectivity index (χ1v) is 8.57. The van der Waals surface area contributed by atoms with Gasteiger partial charge in [-0.2, -0.15) is 0 Å². The van der Waals surface area contributed by atoms with Crippen molar-refractivity contribution in [1.29, 1.82) is 0 Å². The number of fused-ring (bicyclic) bond motifs is 1. The number of rotatable bonds is 6. The van der Waals surface area contributed by atoms with E-state index < -0.39 is 0 Å². The van der Waals surface area contributed by atoms with Gasteiger partial charge in [-0.05, 0) is 42.7 Å². The van der Waals surface area contributed by atoms with Crippen LogP contribution >= 0.6 is 0 Å². The Labute approximate surface area is 152 Å². The number of benzene rings is 2. The number of hydrogen-bond acceptors (Lipinski definition) is 4. The van der Waals surface area contributed by atoms with Gasteiger partial charge in [-0.25, -0.2) is 0 Å². The number of carbonyl (C=O) groups is 2. The van der Waals surface area contributed by atoms with Crippen molar-refractivity contribution in [3.05, 3.63) is 54.1 Å². The molecule has 0 aromatic heterocycles. The quantitative estimate of drug-likeness (QED) is 0.866. The van der Waals surface area contributed by atoms with Crippen LogP contribution in [0.4, 0.5) is 11.4 Å². The van der Waals surface area contributed by atoms with Crippen LogP contribution in [0.5, 0.6) is 5.75 Å². The van der Waals surface area contributed by atoms with Gasteiger partial charge < -0.3 is 19.7 Å². The minimum absolute atomic E-state index is 0.0426. The van der Waals surface area contributed by atoms with Gasteiger partial charge in [0.15, 0.2) is 6.61 Å². The van der Waals surface area contributed by atoms with E-state index in [-0.39, 0.29) is 25.0 Å². The first-order chi connectivity index (χ1) is 12.7. The molecule has 2 amide bonds. The molecule has 6 heteroatoms. The summed E-state index contributed by atoms with van der Waals surface area (Å²) >= 11 is 0. The molecule has 0 fully saturated rings. The third-order valence-corrected chi connectivity index (χ3v) is 4.17. The largest absolute Gasteiger partial charge is 0.484 e. The Morgan fingerprint density at radius 2 is 1.92 bits per heavy atom. The Morgan fingerprint density at radius 1 is 1.12 bits per heavy atom. The summed E-state index contributed by atoms with van der Waals surface area (Å²) in [5.41, 5.74) is 2.57. The highest BCUT2D eigenvalue weighted by atomic mass is 16.5. The third kappa shape index (κ3) is 4.40. The summed E-state index contributed by atoms with van der Waals surface area (Å²) in [6.07, 6.45) is 1.83. The second-order valence-electron chi connectivity index (χ2n) is 6.08. The molecule has 0 spiro atoms. The number of aryl methyl sites for hydroxylation is 1. The second-order valence-corrected chi connectivity index (χ2v) is 6.08. The number of carbonyl (C=O) groups excluding carboxylic acids is 2. The summed E-state index contributed by atoms with van der Waals surface area (Å²) in [7, 11) is 1.51. The van der Waals surface area contributed by atoms with E-state index in [1.54, 1.807) is 17.0 Å². The van der Waals surface area contributed by atoms with Gasteiger partial charge >= 0.3 is 0 Å². The lowest BCUT2D eigenvalue weighted by atomic mass is 10.0. The number of nitrogens with zero attached hydrogens (tertiary/aromatic N) is 1. The Balaban J connectivity index is 1.66. The monoisotopic (exact) mass is 354 g/mol. The number of para-hydroxylation sites is 1. The number of hydrogen-bond donors (Lipinski definition) is 1. The van der Waals surface area contributed by atoms with E-state index in [1.165, 1.54) is 7.11 Å². The van der Waals surface area contributed by atoms with Crippen LogP contribution in [0.1, 0.15) is 12.0 Å². The molecule has 136 valence electrons. The van der Waals surface area contributed by atoms with E-state index in [4.69, 9.17) is 9.47 Å². The van der Waals surface area contributed by atoms with E-state index in [9.17, 15) is 9.59 Å². The predicted octanol–water partition coefficient (Wildman–Crippen LogP) is 2.63. The molecule has 6 nitrogen and oxygen atoms in total. The molecule has 0 saturated carbocycles. The van der Waals surface area contributed by atoms with Crippen LogP contribution in [0, 0.1) is 0 Å². The van der Waals surface area contributed by atoms with Gasteiger partial charge in [-0.1, -0.05) is 24.3 Å². The van der Waals surface area contributed by atoms with Gasteiger partial charge in [0.1, 0.15) is 12.4 Å². The Kier molecular flexibility index (Phi) is 5.86. The van der Waals surface area contributed by atoms with Crippen molar-refractivity contribution in [2.75, 3.05) is 37.1 Å². The Bertz CT molecular complexity index is 777. The fraction of sp³-hybridized carbons (Fsp3) is 0.300. The van der Waals surface area contributed by atoms with Crippen LogP contribution in [-0.2, 0) is 20.7 Å². The Hall–Kier alpha value is -2.86. The van der Waals surface area contributed by atoms with Crippen molar-refractivity contribution in [1.82, 2.24) is 0 Å². The normalized spacial score (nSPS) is 13.0. The van der Waals surface area contributed by atoms with Gasteiger partial charge in [0.25, 0.3) is 11.8 Å². The summed E-state index contributed by atoms with van der Waals surface area (Å²) in [6, 6.07) is 14.8. The molecule has 0 aliphatic carbocycles. The average molecular weight is 354 g/mol. The molecule has 1 heterocycles. The van der Waals surface area contributed by atoms with Gasteiger partial charge in [0.05, 0.1) is 0 Å². The zero-order valence-electron chi connectivity index (χ0n) is 14.7. The molecule has 2 aromatic rings. The summed E-state index contributed by atoms with van der Waals surface area (Å²) in [5.74, 6) is 0.313. The lowest BCUT2D eigenvalue weighted by molar-refractivity contribution is -0.122.